The van der Waals surface area contributed by atoms with Crippen molar-refractivity contribution >= 4 is 29.1 Å². The zero-order valence-corrected chi connectivity index (χ0v) is 19.9. The minimum Gasteiger partial charge on any atom is -0.283 e. The quantitative estimate of drug-likeness (QED) is 0.501. The summed E-state index contributed by atoms with van der Waals surface area (Å²) in [4.78, 5) is 13.3. The van der Waals surface area contributed by atoms with Gasteiger partial charge in [0.05, 0.1) is 16.4 Å². The zero-order chi connectivity index (χ0) is 22.5. The topological polar surface area (TPSA) is 50.2 Å². The van der Waals surface area contributed by atoms with Gasteiger partial charge in [0.25, 0.3) is 5.91 Å². The number of hydrogen-bond acceptors (Lipinski definition) is 3. The number of aryl methyl sites for hydroxylation is 1. The minimum absolute atomic E-state index is 0.143. The first-order valence-electron chi connectivity index (χ1n) is 11.8. The average Bonchev–Trinajstić information content (AvgIpc) is 3.60. The van der Waals surface area contributed by atoms with E-state index in [-0.39, 0.29) is 5.91 Å². The van der Waals surface area contributed by atoms with Gasteiger partial charge in [-0.05, 0) is 73.8 Å². The maximum Gasteiger partial charge on any atom is 0.286 e. The molecule has 0 unspecified atom stereocenters. The van der Waals surface area contributed by atoms with Gasteiger partial charge in [-0.1, -0.05) is 47.8 Å². The Morgan fingerprint density at radius 1 is 1.00 bits per heavy atom. The highest BCUT2D eigenvalue weighted by Crippen LogP contribution is 2.44. The number of nitrogens with one attached hydrogen (secondary N) is 1. The van der Waals surface area contributed by atoms with Crippen molar-refractivity contribution in [1.82, 2.24) is 20.2 Å². The van der Waals surface area contributed by atoms with Crippen molar-refractivity contribution in [2.24, 2.45) is 0 Å². The summed E-state index contributed by atoms with van der Waals surface area (Å²) < 4.78 is 1.84. The Kier molecular flexibility index (Phi) is 5.44. The zero-order valence-electron chi connectivity index (χ0n) is 18.4. The molecule has 1 amide bonds. The summed E-state index contributed by atoms with van der Waals surface area (Å²) in [5.41, 5.74) is 10.1. The second kappa shape index (κ2) is 8.46. The van der Waals surface area contributed by atoms with E-state index in [1.807, 2.05) is 21.8 Å². The van der Waals surface area contributed by atoms with Crippen LogP contribution in [0.25, 0.3) is 16.9 Å². The van der Waals surface area contributed by atoms with E-state index in [9.17, 15) is 4.79 Å². The van der Waals surface area contributed by atoms with Crippen LogP contribution in [0.4, 0.5) is 0 Å². The number of carbonyl (C=O) groups excluding carboxylic acids is 1. The Hall–Kier alpha value is -2.34. The number of benzene rings is 2. The van der Waals surface area contributed by atoms with Crippen molar-refractivity contribution in [3.8, 4) is 16.9 Å². The minimum atomic E-state index is -0.143. The van der Waals surface area contributed by atoms with Crippen molar-refractivity contribution in [2.45, 2.75) is 50.9 Å². The van der Waals surface area contributed by atoms with E-state index in [1.165, 1.54) is 30.4 Å². The van der Waals surface area contributed by atoms with Crippen molar-refractivity contribution in [2.75, 3.05) is 13.1 Å². The number of nitrogens with zero attached hydrogens (tertiary/aromatic N) is 3. The highest BCUT2D eigenvalue weighted by Gasteiger charge is 2.32. The number of piperidine rings is 1. The first-order chi connectivity index (χ1) is 16.1. The fraction of sp³-hybridized carbons (Fsp3) is 0.385. The lowest BCUT2D eigenvalue weighted by molar-refractivity contribution is 0.0743. The molecular formula is C26H26Cl2N4O. The molecule has 7 heteroatoms. The van der Waals surface area contributed by atoms with Crippen LogP contribution in [0.3, 0.4) is 0 Å². The summed E-state index contributed by atoms with van der Waals surface area (Å²) in [6, 6.07) is 12.2. The van der Waals surface area contributed by atoms with E-state index in [2.05, 4.69) is 23.6 Å². The summed E-state index contributed by atoms with van der Waals surface area (Å²) in [5, 5.41) is 7.94. The van der Waals surface area contributed by atoms with Crippen LogP contribution < -0.4 is 5.43 Å². The lowest BCUT2D eigenvalue weighted by Gasteiger charge is -2.26. The third-order valence-corrected chi connectivity index (χ3v) is 7.57. The number of carbonyl (C=O) groups is 1. The number of hydrazine groups is 1. The maximum absolute atomic E-state index is 13.3. The number of amides is 1. The van der Waals surface area contributed by atoms with E-state index in [0.29, 0.717) is 21.7 Å². The number of hydrogen-bond donors (Lipinski definition) is 1. The van der Waals surface area contributed by atoms with Crippen LogP contribution in [0, 0.1) is 0 Å². The molecule has 0 bridgehead atoms. The van der Waals surface area contributed by atoms with Gasteiger partial charge in [-0.25, -0.2) is 9.69 Å². The predicted octanol–water partition coefficient (Wildman–Crippen LogP) is 5.95. The van der Waals surface area contributed by atoms with Crippen LogP contribution in [0.1, 0.15) is 65.2 Å². The molecule has 170 valence electrons. The molecule has 6 rings (SSSR count). The lowest BCUT2D eigenvalue weighted by Crippen LogP contribution is -2.45. The van der Waals surface area contributed by atoms with Crippen molar-refractivity contribution in [1.29, 1.82) is 0 Å². The van der Waals surface area contributed by atoms with Gasteiger partial charge in [-0.2, -0.15) is 5.10 Å². The number of halogens is 2. The summed E-state index contributed by atoms with van der Waals surface area (Å²) in [5.74, 6) is 0.563. The third kappa shape index (κ3) is 3.96. The van der Waals surface area contributed by atoms with Gasteiger partial charge in [0.2, 0.25) is 0 Å². The van der Waals surface area contributed by atoms with E-state index in [0.717, 1.165) is 61.3 Å². The van der Waals surface area contributed by atoms with Crippen molar-refractivity contribution < 1.29 is 4.79 Å². The van der Waals surface area contributed by atoms with Crippen LogP contribution in [-0.2, 0) is 12.8 Å². The fourth-order valence-corrected chi connectivity index (χ4v) is 5.65. The van der Waals surface area contributed by atoms with Gasteiger partial charge in [0.15, 0.2) is 5.69 Å². The molecule has 1 aliphatic heterocycles. The summed E-state index contributed by atoms with van der Waals surface area (Å²) in [7, 11) is 0. The molecule has 0 atom stereocenters. The standard InChI is InChI=1S/C26H26Cl2N4O/c27-19-8-11-23(22(28)15-19)32-25-20-9-6-17(16-4-5-16)14-18(20)7-10-21(25)24(29-32)26(33)30-31-12-2-1-3-13-31/h6,8-9,11,14-16H,1-5,7,10,12-13H2,(H,30,33). The molecule has 33 heavy (non-hydrogen) atoms. The van der Waals surface area contributed by atoms with Crippen LogP contribution in [0.5, 0.6) is 0 Å². The molecule has 2 heterocycles. The summed E-state index contributed by atoms with van der Waals surface area (Å²) >= 11 is 12.8. The van der Waals surface area contributed by atoms with Gasteiger partial charge >= 0.3 is 0 Å². The average molecular weight is 481 g/mol. The Labute approximate surface area is 203 Å². The second-order valence-corrected chi connectivity index (χ2v) is 10.2. The van der Waals surface area contributed by atoms with Gasteiger partial charge in [-0.3, -0.25) is 10.2 Å². The molecule has 1 aromatic heterocycles. The summed E-state index contributed by atoms with van der Waals surface area (Å²) in [6.07, 6.45) is 7.67. The number of rotatable bonds is 4. The van der Waals surface area contributed by atoms with Crippen LogP contribution in [0.15, 0.2) is 36.4 Å². The smallest absolute Gasteiger partial charge is 0.283 e. The fourth-order valence-electron chi connectivity index (χ4n) is 5.16. The van der Waals surface area contributed by atoms with E-state index in [4.69, 9.17) is 28.3 Å². The van der Waals surface area contributed by atoms with Gasteiger partial charge in [-0.15, -0.1) is 0 Å². The molecule has 2 aromatic carbocycles. The monoisotopic (exact) mass is 480 g/mol. The van der Waals surface area contributed by atoms with E-state index in [1.54, 1.807) is 6.07 Å². The predicted molar refractivity (Wildman–Crippen MR) is 131 cm³/mol. The first-order valence-corrected chi connectivity index (χ1v) is 12.6. The Morgan fingerprint density at radius 2 is 1.82 bits per heavy atom. The SMILES string of the molecule is O=C(NN1CCCCC1)c1nn(-c2ccc(Cl)cc2Cl)c2c1CCc1cc(C3CC3)ccc1-2. The summed E-state index contributed by atoms with van der Waals surface area (Å²) in [6.45, 7) is 1.76. The van der Waals surface area contributed by atoms with Crippen molar-refractivity contribution in [3.63, 3.8) is 0 Å². The molecule has 1 saturated heterocycles. The molecule has 2 fully saturated rings. The Morgan fingerprint density at radius 3 is 2.58 bits per heavy atom. The van der Waals surface area contributed by atoms with Gasteiger partial charge in [0, 0.05) is 29.2 Å². The van der Waals surface area contributed by atoms with Crippen LogP contribution in [0.2, 0.25) is 10.0 Å². The Balaban J connectivity index is 1.46. The first kappa shape index (κ1) is 21.2. The normalized spacial score (nSPS) is 18.0. The molecule has 1 saturated carbocycles. The molecule has 1 N–H and O–H groups in total. The number of aromatic nitrogens is 2. The largest absolute Gasteiger partial charge is 0.286 e. The highest BCUT2D eigenvalue weighted by molar-refractivity contribution is 6.35. The highest BCUT2D eigenvalue weighted by atomic mass is 35.5. The van der Waals surface area contributed by atoms with E-state index < -0.39 is 0 Å². The third-order valence-electron chi connectivity index (χ3n) is 7.03. The van der Waals surface area contributed by atoms with Crippen molar-refractivity contribution in [3.05, 3.63) is 68.8 Å². The van der Waals surface area contributed by atoms with Gasteiger partial charge in [0.1, 0.15) is 0 Å². The molecular weight excluding hydrogens is 455 g/mol. The Bertz CT molecular complexity index is 1240. The second-order valence-electron chi connectivity index (χ2n) is 9.36. The molecule has 0 radical (unpaired) electrons. The van der Waals surface area contributed by atoms with Crippen LogP contribution >= 0.6 is 23.2 Å². The molecule has 3 aliphatic rings. The van der Waals surface area contributed by atoms with Crippen LogP contribution in [-0.4, -0.2) is 33.8 Å². The molecule has 5 nitrogen and oxygen atoms in total. The van der Waals surface area contributed by atoms with E-state index >= 15 is 0 Å². The lowest BCUT2D eigenvalue weighted by atomic mass is 9.87. The molecule has 3 aromatic rings. The maximum atomic E-state index is 13.3. The molecule has 2 aliphatic carbocycles. The molecule has 0 spiro atoms. The van der Waals surface area contributed by atoms with Gasteiger partial charge < -0.3 is 0 Å². The number of fused-ring (bicyclic) bond motifs is 3.